The summed E-state index contributed by atoms with van der Waals surface area (Å²) in [5, 5.41) is 8.41. The minimum atomic E-state index is 0.114. The minimum Gasteiger partial charge on any atom is -0.377 e. The van der Waals surface area contributed by atoms with Crippen LogP contribution in [0.15, 0.2) is 0 Å². The molecule has 158 valence electrons. The lowest BCUT2D eigenvalue weighted by Gasteiger charge is -2.32. The van der Waals surface area contributed by atoms with Crippen LogP contribution in [0.3, 0.4) is 0 Å². The summed E-state index contributed by atoms with van der Waals surface area (Å²) >= 11 is 0. The summed E-state index contributed by atoms with van der Waals surface area (Å²) in [5.41, 5.74) is 3.14. The zero-order valence-corrected chi connectivity index (χ0v) is 18.0. The van der Waals surface area contributed by atoms with E-state index in [4.69, 9.17) is 9.84 Å². The molecule has 7 nitrogen and oxygen atoms in total. The second-order valence-corrected chi connectivity index (χ2v) is 8.41. The Bertz CT molecular complexity index is 649. The van der Waals surface area contributed by atoms with Crippen LogP contribution in [-0.2, 0) is 24.1 Å². The highest BCUT2D eigenvalue weighted by Gasteiger charge is 2.31. The van der Waals surface area contributed by atoms with Crippen LogP contribution in [0.4, 0.5) is 0 Å². The summed E-state index contributed by atoms with van der Waals surface area (Å²) in [6.45, 7) is 12.2. The lowest BCUT2D eigenvalue weighted by molar-refractivity contribution is 0.0655. The van der Waals surface area contributed by atoms with Crippen molar-refractivity contribution >= 4 is 5.91 Å². The van der Waals surface area contributed by atoms with Crippen molar-refractivity contribution in [2.24, 2.45) is 0 Å². The molecule has 28 heavy (non-hydrogen) atoms. The van der Waals surface area contributed by atoms with Gasteiger partial charge in [-0.1, -0.05) is 6.92 Å². The number of nitrogens with one attached hydrogen (secondary N) is 1. The van der Waals surface area contributed by atoms with Gasteiger partial charge in [0.25, 0.3) is 5.91 Å². The summed E-state index contributed by atoms with van der Waals surface area (Å²) in [6.07, 6.45) is 4.26. The zero-order chi connectivity index (χ0) is 20.1. The number of rotatable bonds is 8. The van der Waals surface area contributed by atoms with Crippen LogP contribution < -0.4 is 5.32 Å². The first kappa shape index (κ1) is 21.3. The van der Waals surface area contributed by atoms with Crippen molar-refractivity contribution in [1.82, 2.24) is 24.9 Å². The molecular weight excluding hydrogens is 354 g/mol. The Labute approximate surface area is 169 Å². The van der Waals surface area contributed by atoms with Gasteiger partial charge in [0.1, 0.15) is 0 Å². The van der Waals surface area contributed by atoms with E-state index in [0.717, 1.165) is 71.6 Å². The van der Waals surface area contributed by atoms with Gasteiger partial charge in [-0.15, -0.1) is 0 Å². The van der Waals surface area contributed by atoms with Crippen molar-refractivity contribution in [3.05, 3.63) is 17.0 Å². The molecule has 0 saturated carbocycles. The molecule has 0 bridgehead atoms. The number of aromatic nitrogens is 2. The molecule has 1 fully saturated rings. The molecule has 1 aromatic rings. The van der Waals surface area contributed by atoms with Crippen LogP contribution in [0.25, 0.3) is 0 Å². The third-order valence-corrected chi connectivity index (χ3v) is 5.76. The van der Waals surface area contributed by atoms with Gasteiger partial charge < -0.3 is 19.9 Å². The average Bonchev–Trinajstić information content (AvgIpc) is 3.03. The number of nitrogens with zero attached hydrogens (tertiary/aromatic N) is 4. The highest BCUT2D eigenvalue weighted by Crippen LogP contribution is 2.26. The summed E-state index contributed by atoms with van der Waals surface area (Å²) in [4.78, 5) is 17.5. The SMILES string of the molecule is CCCn1nc(C(=O)N2CCN(C)CC2)c2c1CCC(NCCOC(C)C)C2. The molecule has 1 unspecified atom stereocenters. The van der Waals surface area contributed by atoms with Crippen LogP contribution in [0.2, 0.25) is 0 Å². The van der Waals surface area contributed by atoms with Gasteiger partial charge in [-0.2, -0.15) is 5.10 Å². The highest BCUT2D eigenvalue weighted by atomic mass is 16.5. The van der Waals surface area contributed by atoms with Crippen molar-refractivity contribution in [2.75, 3.05) is 46.4 Å². The number of piperazine rings is 1. The number of amides is 1. The van der Waals surface area contributed by atoms with E-state index in [9.17, 15) is 4.79 Å². The van der Waals surface area contributed by atoms with Gasteiger partial charge >= 0.3 is 0 Å². The first-order valence-electron chi connectivity index (χ1n) is 10.9. The van der Waals surface area contributed by atoms with E-state index < -0.39 is 0 Å². The van der Waals surface area contributed by atoms with Gasteiger partial charge in [0.2, 0.25) is 0 Å². The molecule has 0 radical (unpaired) electrons. The Morgan fingerprint density at radius 3 is 2.71 bits per heavy atom. The second-order valence-electron chi connectivity index (χ2n) is 8.41. The van der Waals surface area contributed by atoms with Gasteiger partial charge in [0.05, 0.1) is 12.7 Å². The standard InChI is InChI=1S/C21H37N5O2/c1-5-9-26-19-7-6-17(22-8-14-28-16(2)3)15-18(19)20(23-26)21(27)25-12-10-24(4)11-13-25/h16-17,22H,5-15H2,1-4H3. The number of carbonyl (C=O) groups is 1. The summed E-state index contributed by atoms with van der Waals surface area (Å²) in [6, 6.07) is 0.390. The monoisotopic (exact) mass is 391 g/mol. The third kappa shape index (κ3) is 5.13. The minimum absolute atomic E-state index is 0.114. The van der Waals surface area contributed by atoms with E-state index in [-0.39, 0.29) is 12.0 Å². The largest absolute Gasteiger partial charge is 0.377 e. The van der Waals surface area contributed by atoms with Gasteiger partial charge in [0.15, 0.2) is 5.69 Å². The lowest BCUT2D eigenvalue weighted by Crippen LogP contribution is -2.47. The predicted octanol–water partition coefficient (Wildman–Crippen LogP) is 1.55. The molecule has 7 heteroatoms. The number of hydrogen-bond acceptors (Lipinski definition) is 5. The molecule has 1 aliphatic carbocycles. The first-order chi connectivity index (χ1) is 13.5. The third-order valence-electron chi connectivity index (χ3n) is 5.76. The Morgan fingerprint density at radius 1 is 1.29 bits per heavy atom. The summed E-state index contributed by atoms with van der Waals surface area (Å²) in [5.74, 6) is 0.114. The molecule has 0 aromatic carbocycles. The Balaban J connectivity index is 1.70. The van der Waals surface area contributed by atoms with Crippen LogP contribution in [0.5, 0.6) is 0 Å². The van der Waals surface area contributed by atoms with Gasteiger partial charge in [-0.3, -0.25) is 9.48 Å². The van der Waals surface area contributed by atoms with E-state index in [1.54, 1.807) is 0 Å². The van der Waals surface area contributed by atoms with Gasteiger partial charge in [0, 0.05) is 56.6 Å². The molecular formula is C21H37N5O2. The van der Waals surface area contributed by atoms with Crippen molar-refractivity contribution in [3.8, 4) is 0 Å². The molecule has 1 aromatic heterocycles. The predicted molar refractivity (Wildman–Crippen MR) is 111 cm³/mol. The van der Waals surface area contributed by atoms with E-state index in [2.05, 4.69) is 42.7 Å². The highest BCUT2D eigenvalue weighted by molar-refractivity contribution is 5.94. The molecule has 2 heterocycles. The smallest absolute Gasteiger partial charge is 0.274 e. The molecule has 0 spiro atoms. The zero-order valence-electron chi connectivity index (χ0n) is 18.0. The number of ether oxygens (including phenoxy) is 1. The Morgan fingerprint density at radius 2 is 2.04 bits per heavy atom. The number of carbonyl (C=O) groups excluding carboxylic acids is 1. The fourth-order valence-electron chi connectivity index (χ4n) is 4.15. The first-order valence-corrected chi connectivity index (χ1v) is 10.9. The van der Waals surface area contributed by atoms with E-state index in [0.29, 0.717) is 11.7 Å². The molecule has 1 atom stereocenters. The molecule has 1 amide bonds. The fourth-order valence-corrected chi connectivity index (χ4v) is 4.15. The average molecular weight is 392 g/mol. The van der Waals surface area contributed by atoms with Crippen molar-refractivity contribution in [1.29, 1.82) is 0 Å². The fraction of sp³-hybridized carbons (Fsp3) is 0.810. The van der Waals surface area contributed by atoms with Crippen molar-refractivity contribution in [2.45, 2.75) is 65.1 Å². The van der Waals surface area contributed by atoms with Crippen LogP contribution in [0, 0.1) is 0 Å². The van der Waals surface area contributed by atoms with Crippen molar-refractivity contribution < 1.29 is 9.53 Å². The quantitative estimate of drug-likeness (QED) is 0.682. The number of aryl methyl sites for hydroxylation is 1. The molecule has 2 aliphatic rings. The van der Waals surface area contributed by atoms with Crippen LogP contribution in [-0.4, -0.2) is 84.0 Å². The van der Waals surface area contributed by atoms with Crippen LogP contribution >= 0.6 is 0 Å². The second kappa shape index (κ2) is 9.85. The molecule has 1 saturated heterocycles. The Hall–Kier alpha value is -1.44. The van der Waals surface area contributed by atoms with Gasteiger partial charge in [-0.05, 0) is 46.6 Å². The number of fused-ring (bicyclic) bond motifs is 1. The maximum atomic E-state index is 13.2. The van der Waals surface area contributed by atoms with Crippen molar-refractivity contribution in [3.63, 3.8) is 0 Å². The maximum absolute atomic E-state index is 13.2. The molecule has 3 rings (SSSR count). The number of likely N-dealkylation sites (N-methyl/N-ethyl adjacent to an activating group) is 1. The summed E-state index contributed by atoms with van der Waals surface area (Å²) < 4.78 is 7.74. The van der Waals surface area contributed by atoms with E-state index in [1.165, 1.54) is 11.3 Å². The maximum Gasteiger partial charge on any atom is 0.274 e. The van der Waals surface area contributed by atoms with Crippen LogP contribution in [0.1, 0.15) is 55.4 Å². The van der Waals surface area contributed by atoms with E-state index >= 15 is 0 Å². The number of hydrogen-bond donors (Lipinski definition) is 1. The van der Waals surface area contributed by atoms with E-state index in [1.807, 2.05) is 4.90 Å². The summed E-state index contributed by atoms with van der Waals surface area (Å²) in [7, 11) is 2.11. The molecule has 1 N–H and O–H groups in total. The molecule has 1 aliphatic heterocycles. The lowest BCUT2D eigenvalue weighted by atomic mass is 9.91. The van der Waals surface area contributed by atoms with Gasteiger partial charge in [-0.25, -0.2) is 0 Å². The normalized spacial score (nSPS) is 20.6. The topological polar surface area (TPSA) is 62.6 Å². The Kier molecular flexibility index (Phi) is 7.48.